The molecule has 0 saturated carbocycles. The van der Waals surface area contributed by atoms with Crippen molar-refractivity contribution in [3.63, 3.8) is 0 Å². The second kappa shape index (κ2) is 3.11. The lowest BCUT2D eigenvalue weighted by atomic mass is 9.97. The third kappa shape index (κ3) is 1.28. The molecule has 0 spiro atoms. The molecule has 0 aliphatic carbocycles. The fourth-order valence-corrected chi connectivity index (χ4v) is 1.33. The third-order valence-electron chi connectivity index (χ3n) is 2.28. The molecular formula is C11H12O. The first-order valence-electron chi connectivity index (χ1n) is 4.20. The van der Waals surface area contributed by atoms with E-state index < -0.39 is 0 Å². The van der Waals surface area contributed by atoms with Crippen LogP contribution in [0.5, 0.6) is 0 Å². The Labute approximate surface area is 72.7 Å². The molecule has 0 aromatic heterocycles. The van der Waals surface area contributed by atoms with Crippen LogP contribution in [-0.4, -0.2) is 13.2 Å². The molecule has 1 heteroatoms. The molecular weight excluding hydrogens is 148 g/mol. The number of ether oxygens (including phenoxy) is 1. The highest BCUT2D eigenvalue weighted by Gasteiger charge is 2.19. The molecule has 1 saturated heterocycles. The molecule has 0 bridgehead atoms. The summed E-state index contributed by atoms with van der Waals surface area (Å²) >= 11 is 0. The van der Waals surface area contributed by atoms with E-state index in [9.17, 15) is 0 Å². The van der Waals surface area contributed by atoms with Crippen LogP contribution < -0.4 is 0 Å². The lowest BCUT2D eigenvalue weighted by molar-refractivity contribution is 0.00842. The minimum absolute atomic E-state index is 0.629. The molecule has 0 N–H and O–H groups in total. The van der Waals surface area contributed by atoms with Gasteiger partial charge < -0.3 is 4.74 Å². The van der Waals surface area contributed by atoms with Crippen molar-refractivity contribution in [2.75, 3.05) is 13.2 Å². The standard InChI is InChI=1S/C11H12O/c1-2-9-3-5-10(6-4-9)11-7-12-8-11/h2-6,11H,1,7-8H2. The van der Waals surface area contributed by atoms with Gasteiger partial charge in [-0.05, 0) is 11.1 Å². The Morgan fingerprint density at radius 1 is 1.25 bits per heavy atom. The molecule has 0 unspecified atom stereocenters. The zero-order valence-corrected chi connectivity index (χ0v) is 6.99. The summed E-state index contributed by atoms with van der Waals surface area (Å²) < 4.78 is 5.13. The van der Waals surface area contributed by atoms with Crippen molar-refractivity contribution in [3.8, 4) is 0 Å². The van der Waals surface area contributed by atoms with Crippen molar-refractivity contribution in [1.29, 1.82) is 0 Å². The van der Waals surface area contributed by atoms with Crippen LogP contribution in [0.1, 0.15) is 17.0 Å². The van der Waals surface area contributed by atoms with Gasteiger partial charge in [0.1, 0.15) is 0 Å². The first kappa shape index (κ1) is 7.56. The molecule has 1 aliphatic rings. The van der Waals surface area contributed by atoms with Crippen molar-refractivity contribution in [2.45, 2.75) is 5.92 Å². The highest BCUT2D eigenvalue weighted by molar-refractivity contribution is 5.47. The summed E-state index contributed by atoms with van der Waals surface area (Å²) in [5.41, 5.74) is 2.56. The van der Waals surface area contributed by atoms with Gasteiger partial charge in [-0.25, -0.2) is 0 Å². The molecule has 0 atom stereocenters. The minimum atomic E-state index is 0.629. The average molecular weight is 160 g/mol. The van der Waals surface area contributed by atoms with E-state index in [1.54, 1.807) is 0 Å². The predicted octanol–water partition coefficient (Wildman–Crippen LogP) is 2.44. The van der Waals surface area contributed by atoms with E-state index in [-0.39, 0.29) is 0 Å². The van der Waals surface area contributed by atoms with Crippen LogP contribution in [0.2, 0.25) is 0 Å². The molecule has 1 nitrogen and oxygen atoms in total. The van der Waals surface area contributed by atoms with Gasteiger partial charge in [0, 0.05) is 5.92 Å². The van der Waals surface area contributed by atoms with Gasteiger partial charge in [-0.1, -0.05) is 36.9 Å². The van der Waals surface area contributed by atoms with Crippen molar-refractivity contribution in [2.24, 2.45) is 0 Å². The Bertz CT molecular complexity index is 270. The zero-order chi connectivity index (χ0) is 8.39. The van der Waals surface area contributed by atoms with Crippen molar-refractivity contribution >= 4 is 6.08 Å². The van der Waals surface area contributed by atoms with Crippen molar-refractivity contribution in [3.05, 3.63) is 42.0 Å². The van der Waals surface area contributed by atoms with Crippen LogP contribution in [0.15, 0.2) is 30.8 Å². The van der Waals surface area contributed by atoms with E-state index in [4.69, 9.17) is 4.74 Å². The van der Waals surface area contributed by atoms with Crippen LogP contribution in [0.3, 0.4) is 0 Å². The van der Waals surface area contributed by atoms with E-state index in [0.29, 0.717) is 5.92 Å². The molecule has 0 amide bonds. The molecule has 62 valence electrons. The summed E-state index contributed by atoms with van der Waals surface area (Å²) in [6, 6.07) is 8.51. The second-order valence-corrected chi connectivity index (χ2v) is 3.11. The number of hydrogen-bond donors (Lipinski definition) is 0. The molecule has 2 rings (SSSR count). The molecule has 1 fully saturated rings. The SMILES string of the molecule is C=Cc1ccc(C2COC2)cc1. The lowest BCUT2D eigenvalue weighted by Gasteiger charge is -2.26. The van der Waals surface area contributed by atoms with Crippen molar-refractivity contribution < 1.29 is 4.74 Å². The zero-order valence-electron chi connectivity index (χ0n) is 6.99. The minimum Gasteiger partial charge on any atom is -0.380 e. The maximum absolute atomic E-state index is 5.13. The Balaban J connectivity index is 2.18. The predicted molar refractivity (Wildman–Crippen MR) is 50.1 cm³/mol. The Hall–Kier alpha value is -1.08. The summed E-state index contributed by atoms with van der Waals surface area (Å²) in [4.78, 5) is 0. The third-order valence-corrected chi connectivity index (χ3v) is 2.28. The fourth-order valence-electron chi connectivity index (χ4n) is 1.33. The highest BCUT2D eigenvalue weighted by Crippen LogP contribution is 2.23. The Kier molecular flexibility index (Phi) is 1.96. The van der Waals surface area contributed by atoms with Gasteiger partial charge in [0.05, 0.1) is 13.2 Å². The summed E-state index contributed by atoms with van der Waals surface area (Å²) in [5, 5.41) is 0. The van der Waals surface area contributed by atoms with Gasteiger partial charge in [0.15, 0.2) is 0 Å². The first-order valence-corrected chi connectivity index (χ1v) is 4.20. The highest BCUT2D eigenvalue weighted by atomic mass is 16.5. The molecule has 1 aromatic rings. The van der Waals surface area contributed by atoms with Gasteiger partial charge >= 0.3 is 0 Å². The fraction of sp³-hybridized carbons (Fsp3) is 0.273. The van der Waals surface area contributed by atoms with Crippen LogP contribution in [0.25, 0.3) is 6.08 Å². The monoisotopic (exact) mass is 160 g/mol. The maximum atomic E-state index is 5.13. The largest absolute Gasteiger partial charge is 0.380 e. The van der Waals surface area contributed by atoms with E-state index in [0.717, 1.165) is 13.2 Å². The molecule has 0 radical (unpaired) electrons. The van der Waals surface area contributed by atoms with Crippen LogP contribution >= 0.6 is 0 Å². The second-order valence-electron chi connectivity index (χ2n) is 3.11. The first-order chi connectivity index (χ1) is 5.90. The molecule has 1 heterocycles. The van der Waals surface area contributed by atoms with E-state index in [2.05, 4.69) is 30.8 Å². The van der Waals surface area contributed by atoms with E-state index >= 15 is 0 Å². The van der Waals surface area contributed by atoms with Gasteiger partial charge in [0.25, 0.3) is 0 Å². The van der Waals surface area contributed by atoms with Crippen LogP contribution in [0, 0.1) is 0 Å². The number of rotatable bonds is 2. The van der Waals surface area contributed by atoms with Crippen LogP contribution in [-0.2, 0) is 4.74 Å². The lowest BCUT2D eigenvalue weighted by Crippen LogP contribution is -2.24. The van der Waals surface area contributed by atoms with Gasteiger partial charge in [-0.15, -0.1) is 0 Å². The average Bonchev–Trinajstić information content (AvgIpc) is 2.03. The summed E-state index contributed by atoms with van der Waals surface area (Å²) in [5.74, 6) is 0.629. The molecule has 1 aromatic carbocycles. The topological polar surface area (TPSA) is 9.23 Å². The van der Waals surface area contributed by atoms with E-state index in [1.165, 1.54) is 11.1 Å². The summed E-state index contributed by atoms with van der Waals surface area (Å²) in [6.07, 6.45) is 1.86. The van der Waals surface area contributed by atoms with E-state index in [1.807, 2.05) is 6.08 Å². The maximum Gasteiger partial charge on any atom is 0.0557 e. The van der Waals surface area contributed by atoms with Gasteiger partial charge in [0.2, 0.25) is 0 Å². The summed E-state index contributed by atoms with van der Waals surface area (Å²) in [7, 11) is 0. The summed E-state index contributed by atoms with van der Waals surface area (Å²) in [6.45, 7) is 5.48. The number of hydrogen-bond acceptors (Lipinski definition) is 1. The van der Waals surface area contributed by atoms with Crippen molar-refractivity contribution in [1.82, 2.24) is 0 Å². The Morgan fingerprint density at radius 3 is 2.33 bits per heavy atom. The molecule has 12 heavy (non-hydrogen) atoms. The Morgan fingerprint density at radius 2 is 1.92 bits per heavy atom. The molecule has 1 aliphatic heterocycles. The van der Waals surface area contributed by atoms with Gasteiger partial charge in [-0.2, -0.15) is 0 Å². The smallest absolute Gasteiger partial charge is 0.0557 e. The quantitative estimate of drug-likeness (QED) is 0.645. The normalized spacial score (nSPS) is 17.0. The van der Waals surface area contributed by atoms with Gasteiger partial charge in [-0.3, -0.25) is 0 Å². The number of benzene rings is 1. The van der Waals surface area contributed by atoms with Crippen LogP contribution in [0.4, 0.5) is 0 Å².